The number of rotatable bonds is 12. The van der Waals surface area contributed by atoms with Gasteiger partial charge in [-0.2, -0.15) is 11.8 Å². The van der Waals surface area contributed by atoms with Crippen molar-refractivity contribution in [3.05, 3.63) is 0 Å². The molecule has 0 bridgehead atoms. The van der Waals surface area contributed by atoms with Gasteiger partial charge in [0, 0.05) is 0 Å². The van der Waals surface area contributed by atoms with Crippen LogP contribution in [-0.4, -0.2) is 66.7 Å². The maximum absolute atomic E-state index is 12.8. The highest BCUT2D eigenvalue weighted by molar-refractivity contribution is 7.98. The molecule has 2 atom stereocenters. The summed E-state index contributed by atoms with van der Waals surface area (Å²) in [5.41, 5.74) is -0.697. The quantitative estimate of drug-likeness (QED) is 0.390. The number of thioether (sulfide) groups is 1. The minimum absolute atomic E-state index is 0.118. The molecule has 0 radical (unpaired) electrons. The predicted molar refractivity (Wildman–Crippen MR) is 117 cm³/mol. The average Bonchev–Trinajstić information content (AvgIpc) is 2.60. The monoisotopic (exact) mass is 447 g/mol. The van der Waals surface area contributed by atoms with Gasteiger partial charge in [0.1, 0.15) is 24.2 Å². The number of hydrogen-bond acceptors (Lipinski definition) is 7. The van der Waals surface area contributed by atoms with Crippen LogP contribution in [0, 0.1) is 5.92 Å². The summed E-state index contributed by atoms with van der Waals surface area (Å²) in [6, 6.07) is -1.69. The third-order valence-electron chi connectivity index (χ3n) is 3.67. The Bertz CT molecular complexity index is 577. The normalized spacial score (nSPS) is 13.2. The third-order valence-corrected chi connectivity index (χ3v) is 4.31. The molecule has 0 aromatic heterocycles. The molecular formula is C20H37N3O6S. The number of ether oxygens (including phenoxy) is 2. The van der Waals surface area contributed by atoms with Crippen LogP contribution in [0.5, 0.6) is 0 Å². The van der Waals surface area contributed by atoms with E-state index >= 15 is 0 Å². The van der Waals surface area contributed by atoms with Crippen LogP contribution in [0.1, 0.15) is 54.4 Å². The number of esters is 1. The van der Waals surface area contributed by atoms with Crippen LogP contribution in [0.2, 0.25) is 0 Å². The Morgan fingerprint density at radius 1 is 1.00 bits per heavy atom. The van der Waals surface area contributed by atoms with Gasteiger partial charge in [-0.1, -0.05) is 13.8 Å². The van der Waals surface area contributed by atoms with Crippen LogP contribution in [0.15, 0.2) is 0 Å². The molecule has 3 amide bonds. The Balaban J connectivity index is 5.14. The van der Waals surface area contributed by atoms with Gasteiger partial charge in [0.2, 0.25) is 11.8 Å². The van der Waals surface area contributed by atoms with Gasteiger partial charge >= 0.3 is 12.1 Å². The Hall–Kier alpha value is -1.97. The first-order chi connectivity index (χ1) is 13.9. The van der Waals surface area contributed by atoms with Crippen LogP contribution in [-0.2, 0) is 23.9 Å². The summed E-state index contributed by atoms with van der Waals surface area (Å²) in [6.07, 6.45) is 1.95. The lowest BCUT2D eigenvalue weighted by molar-refractivity contribution is -0.143. The van der Waals surface area contributed by atoms with E-state index in [9.17, 15) is 19.2 Å². The van der Waals surface area contributed by atoms with Gasteiger partial charge in [-0.3, -0.25) is 14.4 Å². The Kier molecular flexibility index (Phi) is 13.2. The van der Waals surface area contributed by atoms with E-state index in [4.69, 9.17) is 9.47 Å². The van der Waals surface area contributed by atoms with Crippen molar-refractivity contribution in [1.82, 2.24) is 16.0 Å². The lowest BCUT2D eigenvalue weighted by Gasteiger charge is -2.25. The summed E-state index contributed by atoms with van der Waals surface area (Å²) in [7, 11) is 0. The number of hydrogen-bond donors (Lipinski definition) is 3. The number of alkyl carbamates (subject to hydrolysis) is 1. The maximum Gasteiger partial charge on any atom is 0.408 e. The summed E-state index contributed by atoms with van der Waals surface area (Å²) in [5.74, 6) is -0.757. The number of nitrogens with one attached hydrogen (secondary N) is 3. The second-order valence-electron chi connectivity index (χ2n) is 8.19. The second kappa shape index (κ2) is 14.1. The zero-order valence-electron chi connectivity index (χ0n) is 19.1. The van der Waals surface area contributed by atoms with Crippen molar-refractivity contribution in [3.8, 4) is 0 Å². The fourth-order valence-electron chi connectivity index (χ4n) is 2.42. The first-order valence-electron chi connectivity index (χ1n) is 10.1. The molecule has 9 nitrogen and oxygen atoms in total. The van der Waals surface area contributed by atoms with E-state index in [0.717, 1.165) is 0 Å². The Morgan fingerprint density at radius 3 is 2.13 bits per heavy atom. The summed E-state index contributed by atoms with van der Waals surface area (Å²) in [4.78, 5) is 49.0. The topological polar surface area (TPSA) is 123 Å². The van der Waals surface area contributed by atoms with Crippen molar-refractivity contribution >= 4 is 35.6 Å². The second-order valence-corrected chi connectivity index (χ2v) is 9.18. The summed E-state index contributed by atoms with van der Waals surface area (Å²) in [6.45, 7) is 10.7. The van der Waals surface area contributed by atoms with E-state index in [-0.39, 0.29) is 19.1 Å². The SMILES string of the molecule is CCOC(=O)CNC(=O)[C@H](CC(C)C)NC(=O)[C@H](CCSC)NC(=O)OC(C)(C)C. The zero-order chi connectivity index (χ0) is 23.3. The molecule has 0 saturated heterocycles. The molecule has 10 heteroatoms. The molecule has 0 aliphatic carbocycles. The summed E-state index contributed by atoms with van der Waals surface area (Å²) >= 11 is 1.54. The molecule has 0 aliphatic rings. The van der Waals surface area contributed by atoms with E-state index in [0.29, 0.717) is 18.6 Å². The zero-order valence-corrected chi connectivity index (χ0v) is 19.9. The van der Waals surface area contributed by atoms with Crippen molar-refractivity contribution in [3.63, 3.8) is 0 Å². The molecule has 174 valence electrons. The first-order valence-corrected chi connectivity index (χ1v) is 11.5. The first kappa shape index (κ1) is 28.0. The number of amides is 3. The van der Waals surface area contributed by atoms with E-state index in [2.05, 4.69) is 16.0 Å². The molecule has 3 N–H and O–H groups in total. The van der Waals surface area contributed by atoms with Crippen molar-refractivity contribution < 1.29 is 28.7 Å². The lowest BCUT2D eigenvalue weighted by atomic mass is 10.0. The van der Waals surface area contributed by atoms with E-state index < -0.39 is 41.6 Å². The van der Waals surface area contributed by atoms with Gasteiger partial charge in [0.15, 0.2) is 0 Å². The highest BCUT2D eigenvalue weighted by Gasteiger charge is 2.28. The lowest BCUT2D eigenvalue weighted by Crippen LogP contribution is -2.55. The van der Waals surface area contributed by atoms with Gasteiger partial charge < -0.3 is 25.4 Å². The Labute approximate surface area is 183 Å². The van der Waals surface area contributed by atoms with E-state index in [1.807, 2.05) is 20.1 Å². The molecule has 0 unspecified atom stereocenters. The van der Waals surface area contributed by atoms with Gasteiger partial charge in [0.05, 0.1) is 6.61 Å². The van der Waals surface area contributed by atoms with Gasteiger partial charge in [0.25, 0.3) is 0 Å². The maximum atomic E-state index is 12.8. The minimum Gasteiger partial charge on any atom is -0.465 e. The Morgan fingerprint density at radius 2 is 1.63 bits per heavy atom. The summed E-state index contributed by atoms with van der Waals surface area (Å²) in [5, 5.41) is 7.77. The molecule has 0 heterocycles. The average molecular weight is 448 g/mol. The molecule has 0 rings (SSSR count). The van der Waals surface area contributed by atoms with Crippen molar-refractivity contribution in [2.75, 3.05) is 25.2 Å². The molecule has 0 aromatic carbocycles. The highest BCUT2D eigenvalue weighted by Crippen LogP contribution is 2.10. The van der Waals surface area contributed by atoms with Crippen molar-refractivity contribution in [1.29, 1.82) is 0 Å². The number of carbonyl (C=O) groups excluding carboxylic acids is 4. The van der Waals surface area contributed by atoms with Crippen LogP contribution in [0.25, 0.3) is 0 Å². The van der Waals surface area contributed by atoms with Crippen LogP contribution in [0.4, 0.5) is 4.79 Å². The fourth-order valence-corrected chi connectivity index (χ4v) is 2.90. The van der Waals surface area contributed by atoms with E-state index in [1.165, 1.54) is 11.8 Å². The largest absolute Gasteiger partial charge is 0.465 e. The highest BCUT2D eigenvalue weighted by atomic mass is 32.2. The van der Waals surface area contributed by atoms with Crippen molar-refractivity contribution in [2.24, 2.45) is 5.92 Å². The van der Waals surface area contributed by atoms with E-state index in [1.54, 1.807) is 27.7 Å². The van der Waals surface area contributed by atoms with Gasteiger partial charge in [-0.05, 0) is 58.5 Å². The number of carbonyl (C=O) groups is 4. The third kappa shape index (κ3) is 13.3. The molecule has 0 saturated carbocycles. The van der Waals surface area contributed by atoms with Crippen LogP contribution < -0.4 is 16.0 Å². The van der Waals surface area contributed by atoms with Crippen LogP contribution in [0.3, 0.4) is 0 Å². The molecule has 30 heavy (non-hydrogen) atoms. The fraction of sp³-hybridized carbons (Fsp3) is 0.800. The predicted octanol–water partition coefficient (Wildman–Crippen LogP) is 1.84. The van der Waals surface area contributed by atoms with Gasteiger partial charge in [-0.25, -0.2) is 4.79 Å². The standard InChI is InChI=1S/C20H37N3O6S/c1-8-28-16(24)12-21-17(25)15(11-13(2)3)22-18(26)14(9-10-30-7)23-19(27)29-20(4,5)6/h13-15H,8-12H2,1-7H3,(H,21,25)(H,22,26)(H,23,27)/t14-,15-/m0/s1. The molecule has 0 aliphatic heterocycles. The summed E-state index contributed by atoms with van der Waals surface area (Å²) < 4.78 is 10.0. The minimum atomic E-state index is -0.847. The van der Waals surface area contributed by atoms with Gasteiger partial charge in [-0.15, -0.1) is 0 Å². The van der Waals surface area contributed by atoms with Crippen LogP contribution >= 0.6 is 11.8 Å². The molecule has 0 fully saturated rings. The molecule has 0 aromatic rings. The van der Waals surface area contributed by atoms with Crippen molar-refractivity contribution in [2.45, 2.75) is 72.1 Å². The molecule has 0 spiro atoms. The smallest absolute Gasteiger partial charge is 0.408 e. The molecular weight excluding hydrogens is 410 g/mol.